The zero-order valence-corrected chi connectivity index (χ0v) is 29.6. The van der Waals surface area contributed by atoms with E-state index in [1.165, 1.54) is 10.6 Å². The van der Waals surface area contributed by atoms with Crippen molar-refractivity contribution in [2.75, 3.05) is 0 Å². The van der Waals surface area contributed by atoms with Crippen molar-refractivity contribution in [3.63, 3.8) is 0 Å². The summed E-state index contributed by atoms with van der Waals surface area (Å²) in [6.07, 6.45) is 5.79. The fourth-order valence-electron chi connectivity index (χ4n) is 6.94. The summed E-state index contributed by atoms with van der Waals surface area (Å²) in [5, 5.41) is 24.4. The van der Waals surface area contributed by atoms with E-state index in [1.807, 2.05) is 0 Å². The van der Waals surface area contributed by atoms with Gasteiger partial charge in [-0.3, -0.25) is 4.79 Å². The van der Waals surface area contributed by atoms with E-state index in [-0.39, 0.29) is 33.4 Å². The third-order valence-corrected chi connectivity index (χ3v) is 9.10. The molecule has 0 aromatic heterocycles. The van der Waals surface area contributed by atoms with Crippen LogP contribution in [0.3, 0.4) is 0 Å². The summed E-state index contributed by atoms with van der Waals surface area (Å²) in [7, 11) is 0. The van der Waals surface area contributed by atoms with Gasteiger partial charge in [0.2, 0.25) is 0 Å². The Balaban J connectivity index is 2.58. The van der Waals surface area contributed by atoms with Crippen molar-refractivity contribution in [3.8, 4) is 5.75 Å². The van der Waals surface area contributed by atoms with Crippen LogP contribution >= 0.6 is 0 Å². The minimum Gasteiger partial charge on any atom is -0.507 e. The highest BCUT2D eigenvalue weighted by atomic mass is 16.5. The fraction of sp³-hybridized carbons (Fsp3) is 0.658. The molecule has 234 valence electrons. The first-order valence-electron chi connectivity index (χ1n) is 15.7. The van der Waals surface area contributed by atoms with Gasteiger partial charge in [0.15, 0.2) is 5.78 Å². The summed E-state index contributed by atoms with van der Waals surface area (Å²) < 4.78 is 0. The van der Waals surface area contributed by atoms with Gasteiger partial charge in [-0.2, -0.15) is 5.06 Å². The number of hydrogen-bond acceptors (Lipinski definition) is 4. The maximum absolute atomic E-state index is 13.9. The van der Waals surface area contributed by atoms with Crippen molar-refractivity contribution in [2.24, 2.45) is 16.7 Å². The normalized spacial score (nSPS) is 20.9. The van der Waals surface area contributed by atoms with Crippen LogP contribution in [0.25, 0.3) is 5.57 Å². The number of carbonyl (C=O) groups excluding carboxylic acids is 1. The quantitative estimate of drug-likeness (QED) is 0.367. The number of allylic oxidation sites excluding steroid dienone is 6. The molecule has 0 bridgehead atoms. The van der Waals surface area contributed by atoms with E-state index in [4.69, 9.17) is 0 Å². The van der Waals surface area contributed by atoms with Crippen molar-refractivity contribution in [1.82, 2.24) is 5.06 Å². The molecule has 1 fully saturated rings. The summed E-state index contributed by atoms with van der Waals surface area (Å²) in [4.78, 5) is 13.9. The molecule has 0 unspecified atom stereocenters. The molecule has 1 aliphatic carbocycles. The first-order valence-corrected chi connectivity index (χ1v) is 15.7. The number of piperidine rings is 1. The molecule has 1 saturated heterocycles. The largest absolute Gasteiger partial charge is 0.507 e. The van der Waals surface area contributed by atoms with E-state index < -0.39 is 11.1 Å². The number of Topliss-reactive ketones (excluding diaryl/α,β-unsaturated/α-hetero) is 1. The van der Waals surface area contributed by atoms with Crippen LogP contribution in [0.1, 0.15) is 140 Å². The molecule has 0 atom stereocenters. The average Bonchev–Trinajstić information content (AvgIpc) is 2.75. The number of benzene rings is 1. The topological polar surface area (TPSA) is 60.8 Å². The lowest BCUT2D eigenvalue weighted by Crippen LogP contribution is -2.59. The average molecular weight is 578 g/mol. The summed E-state index contributed by atoms with van der Waals surface area (Å²) in [5.41, 5.74) is 4.74. The van der Waals surface area contributed by atoms with Crippen LogP contribution in [0.15, 0.2) is 41.0 Å². The van der Waals surface area contributed by atoms with Crippen LogP contribution in [0, 0.1) is 16.7 Å². The second-order valence-corrected chi connectivity index (χ2v) is 18.3. The molecule has 0 spiro atoms. The highest BCUT2D eigenvalue weighted by Crippen LogP contribution is 2.50. The van der Waals surface area contributed by atoms with E-state index in [0.29, 0.717) is 5.75 Å². The monoisotopic (exact) mass is 577 g/mol. The third-order valence-electron chi connectivity index (χ3n) is 9.10. The number of carbonyl (C=O) groups is 1. The Labute approximate surface area is 256 Å². The maximum Gasteiger partial charge on any atom is 0.186 e. The second kappa shape index (κ2) is 10.5. The Morgan fingerprint density at radius 2 is 1.07 bits per heavy atom. The molecule has 2 aliphatic rings. The molecule has 0 saturated carbocycles. The van der Waals surface area contributed by atoms with E-state index >= 15 is 0 Å². The second-order valence-electron chi connectivity index (χ2n) is 18.3. The molecular weight excluding hydrogens is 518 g/mol. The van der Waals surface area contributed by atoms with E-state index in [9.17, 15) is 15.1 Å². The van der Waals surface area contributed by atoms with Gasteiger partial charge in [-0.25, -0.2) is 0 Å². The van der Waals surface area contributed by atoms with Crippen molar-refractivity contribution in [3.05, 3.63) is 57.7 Å². The van der Waals surface area contributed by atoms with Crippen molar-refractivity contribution in [2.45, 2.75) is 146 Å². The van der Waals surface area contributed by atoms with Crippen molar-refractivity contribution < 1.29 is 15.1 Å². The van der Waals surface area contributed by atoms with Gasteiger partial charge < -0.3 is 10.3 Å². The van der Waals surface area contributed by atoms with Crippen LogP contribution in [-0.4, -0.2) is 32.2 Å². The maximum atomic E-state index is 13.9. The predicted molar refractivity (Wildman–Crippen MR) is 177 cm³/mol. The molecule has 0 radical (unpaired) electrons. The van der Waals surface area contributed by atoms with Crippen LogP contribution in [0.5, 0.6) is 5.75 Å². The van der Waals surface area contributed by atoms with Gasteiger partial charge in [0.25, 0.3) is 0 Å². The van der Waals surface area contributed by atoms with Gasteiger partial charge in [-0.15, -0.1) is 0 Å². The van der Waals surface area contributed by atoms with Gasteiger partial charge in [-0.1, -0.05) is 83.1 Å². The molecule has 4 heteroatoms. The minimum atomic E-state index is -0.452. The van der Waals surface area contributed by atoms with E-state index in [1.54, 1.807) is 0 Å². The van der Waals surface area contributed by atoms with Crippen molar-refractivity contribution >= 4 is 11.4 Å². The lowest BCUT2D eigenvalue weighted by atomic mass is 9.66. The Morgan fingerprint density at radius 3 is 1.38 bits per heavy atom. The molecule has 1 heterocycles. The van der Waals surface area contributed by atoms with Gasteiger partial charge in [0, 0.05) is 33.4 Å². The molecule has 2 N–H and O–H groups in total. The molecule has 42 heavy (non-hydrogen) atoms. The molecular formula is C38H59NO3. The fourth-order valence-corrected chi connectivity index (χ4v) is 6.94. The molecule has 1 aromatic rings. The Hall–Kier alpha value is -2.17. The highest BCUT2D eigenvalue weighted by Gasteiger charge is 2.47. The van der Waals surface area contributed by atoms with Crippen molar-refractivity contribution in [1.29, 1.82) is 0 Å². The van der Waals surface area contributed by atoms with E-state index in [0.717, 1.165) is 46.3 Å². The zero-order valence-electron chi connectivity index (χ0n) is 29.6. The first kappa shape index (κ1) is 34.3. The number of hydrogen-bond donors (Lipinski definition) is 2. The van der Waals surface area contributed by atoms with Crippen LogP contribution in [-0.2, 0) is 15.6 Å². The predicted octanol–water partition coefficient (Wildman–Crippen LogP) is 9.93. The molecule has 4 nitrogen and oxygen atoms in total. The van der Waals surface area contributed by atoms with Gasteiger partial charge in [-0.05, 0) is 109 Å². The Bertz CT molecular complexity index is 1250. The SMILES string of the molecule is CC(C)(C)C1=CC(=C(c2cc(C(C)(C)C)c(O)c(C(C)(C)C)c2)C2CC(C)(C)N(O)C(C)(C)C2)C=C(C(C)(C)C)C1=O. The number of aromatic hydroxyl groups is 1. The molecule has 1 aromatic carbocycles. The van der Waals surface area contributed by atoms with Gasteiger partial charge in [0.05, 0.1) is 0 Å². The number of ketones is 1. The minimum absolute atomic E-state index is 0.113. The summed E-state index contributed by atoms with van der Waals surface area (Å²) >= 11 is 0. The number of rotatable bonds is 2. The third kappa shape index (κ3) is 6.65. The summed E-state index contributed by atoms with van der Waals surface area (Å²) in [6, 6.07) is 4.37. The van der Waals surface area contributed by atoms with Gasteiger partial charge >= 0.3 is 0 Å². The van der Waals surface area contributed by atoms with Gasteiger partial charge in [0.1, 0.15) is 5.75 Å². The first-order chi connectivity index (χ1) is 18.6. The van der Waals surface area contributed by atoms with Crippen LogP contribution in [0.2, 0.25) is 0 Å². The summed E-state index contributed by atoms with van der Waals surface area (Å²) in [5.74, 6) is 0.603. The lowest BCUT2D eigenvalue weighted by Gasteiger charge is -2.52. The summed E-state index contributed by atoms with van der Waals surface area (Å²) in [6.45, 7) is 34.0. The number of phenolic OH excluding ortho intramolecular Hbond substituents is 1. The Morgan fingerprint density at radius 1 is 0.714 bits per heavy atom. The number of hydroxylamine groups is 2. The Kier molecular flexibility index (Phi) is 8.56. The molecule has 1 aliphatic heterocycles. The van der Waals surface area contributed by atoms with E-state index in [2.05, 4.69) is 135 Å². The standard InChI is InChI=1S/C38H59NO3/c1-33(2,3)26-17-23(18-27(31(26)40)34(4,5)6)30(25-21-37(13,14)39(42)38(15,16)22-25)24-19-28(35(7,8)9)32(41)29(20-24)36(10,11)12/h17-20,25,40,42H,21-22H2,1-16H3. The smallest absolute Gasteiger partial charge is 0.186 e. The highest BCUT2D eigenvalue weighted by molar-refractivity contribution is 6.12. The number of nitrogens with zero attached hydrogens (tertiary/aromatic N) is 1. The molecule has 0 amide bonds. The number of phenols is 1. The van der Waals surface area contributed by atoms with Crippen LogP contribution in [0.4, 0.5) is 0 Å². The zero-order chi connectivity index (χ0) is 32.6. The lowest BCUT2D eigenvalue weighted by molar-refractivity contribution is -0.247. The van der Waals surface area contributed by atoms with Crippen LogP contribution < -0.4 is 0 Å². The molecule has 3 rings (SSSR count).